The quantitative estimate of drug-likeness (QED) is 0.886. The van der Waals surface area contributed by atoms with Gasteiger partial charge in [-0.05, 0) is 34.5 Å². The van der Waals surface area contributed by atoms with Crippen LogP contribution >= 0.6 is 15.9 Å². The molecule has 0 aromatic heterocycles. The number of nitrogens with zero attached hydrogens (tertiary/aromatic N) is 1. The van der Waals surface area contributed by atoms with Gasteiger partial charge in [0.2, 0.25) is 6.79 Å². The maximum absolute atomic E-state index is 12.4. The van der Waals surface area contributed by atoms with Crippen LogP contribution in [0.5, 0.6) is 11.5 Å². The Kier molecular flexibility index (Phi) is 3.29. The van der Waals surface area contributed by atoms with Crippen LogP contribution < -0.4 is 9.47 Å². The highest BCUT2D eigenvalue weighted by atomic mass is 79.9. The number of hydrogen-bond donors (Lipinski definition) is 1. The predicted molar refractivity (Wildman–Crippen MR) is 71.9 cm³/mol. The third kappa shape index (κ3) is 2.22. The van der Waals surface area contributed by atoms with E-state index in [0.717, 1.165) is 0 Å². The predicted octanol–water partition coefficient (Wildman–Crippen LogP) is 1.72. The molecule has 1 aromatic rings. The fourth-order valence-electron chi connectivity index (χ4n) is 2.42. The lowest BCUT2D eigenvalue weighted by Gasteiger charge is -2.16. The van der Waals surface area contributed by atoms with Crippen LogP contribution in [0.25, 0.3) is 0 Å². The zero-order valence-electron chi connectivity index (χ0n) is 10.5. The van der Waals surface area contributed by atoms with Crippen molar-refractivity contribution in [1.29, 1.82) is 0 Å². The molecule has 2 heterocycles. The van der Waals surface area contributed by atoms with Crippen molar-refractivity contribution < 1.29 is 24.2 Å². The lowest BCUT2D eigenvalue weighted by Crippen LogP contribution is -2.29. The Hall–Kier alpha value is -1.76. The molecule has 20 heavy (non-hydrogen) atoms. The number of hydrogen-bond acceptors (Lipinski definition) is 4. The van der Waals surface area contributed by atoms with E-state index < -0.39 is 11.9 Å². The van der Waals surface area contributed by atoms with Crippen LogP contribution in [0.4, 0.5) is 0 Å². The summed E-state index contributed by atoms with van der Waals surface area (Å²) in [4.78, 5) is 24.9. The fraction of sp³-hybridized carbons (Fsp3) is 0.385. The van der Waals surface area contributed by atoms with Gasteiger partial charge in [0.25, 0.3) is 5.91 Å². The highest BCUT2D eigenvalue weighted by molar-refractivity contribution is 9.10. The Labute approximate surface area is 123 Å². The average molecular weight is 342 g/mol. The van der Waals surface area contributed by atoms with Crippen LogP contribution in [-0.4, -0.2) is 41.8 Å². The van der Waals surface area contributed by atoms with E-state index in [1.807, 2.05) is 0 Å². The second kappa shape index (κ2) is 4.97. The highest BCUT2D eigenvalue weighted by Crippen LogP contribution is 2.40. The number of carboxylic acids is 1. The maximum Gasteiger partial charge on any atom is 0.308 e. The molecule has 1 atom stereocenters. The number of benzene rings is 1. The van der Waals surface area contributed by atoms with Crippen molar-refractivity contribution in [2.45, 2.75) is 6.42 Å². The number of aliphatic carboxylic acids is 1. The number of amides is 1. The largest absolute Gasteiger partial charge is 0.481 e. The first-order valence-corrected chi connectivity index (χ1v) is 6.97. The standard InChI is InChI=1S/C13H12BrNO5/c14-9-3-8(4-10-11(9)20-6-19-10)12(16)15-2-1-7(5-15)13(17)18/h3-4,7H,1-2,5-6H2,(H,17,18)/t7-/m0/s1. The minimum atomic E-state index is -0.854. The first kappa shape index (κ1) is 13.2. The van der Waals surface area contributed by atoms with Crippen molar-refractivity contribution in [3.63, 3.8) is 0 Å². The molecule has 0 saturated carbocycles. The van der Waals surface area contributed by atoms with E-state index in [2.05, 4.69) is 15.9 Å². The Balaban J connectivity index is 1.82. The van der Waals surface area contributed by atoms with Crippen molar-refractivity contribution in [2.75, 3.05) is 19.9 Å². The number of carbonyl (C=O) groups is 2. The summed E-state index contributed by atoms with van der Waals surface area (Å²) in [5.74, 6) is -0.403. The SMILES string of the molecule is O=C(O)[C@H]1CCN(C(=O)c2cc(Br)c3c(c2)OCO3)C1. The van der Waals surface area contributed by atoms with Crippen molar-refractivity contribution in [2.24, 2.45) is 5.92 Å². The molecule has 0 aliphatic carbocycles. The van der Waals surface area contributed by atoms with E-state index >= 15 is 0 Å². The van der Waals surface area contributed by atoms with E-state index in [0.29, 0.717) is 34.5 Å². The molecule has 1 aromatic carbocycles. The van der Waals surface area contributed by atoms with Gasteiger partial charge in [-0.1, -0.05) is 0 Å². The summed E-state index contributed by atoms with van der Waals surface area (Å²) >= 11 is 3.34. The summed E-state index contributed by atoms with van der Waals surface area (Å²) in [6, 6.07) is 3.30. The fourth-order valence-corrected chi connectivity index (χ4v) is 2.98. The number of carbonyl (C=O) groups excluding carboxylic acids is 1. The Morgan fingerprint density at radius 2 is 2.15 bits per heavy atom. The normalized spacial score (nSPS) is 20.2. The van der Waals surface area contributed by atoms with E-state index in [1.54, 1.807) is 17.0 Å². The molecule has 106 valence electrons. The van der Waals surface area contributed by atoms with E-state index in [9.17, 15) is 9.59 Å². The lowest BCUT2D eigenvalue weighted by atomic mass is 10.1. The van der Waals surface area contributed by atoms with Crippen molar-refractivity contribution in [3.05, 3.63) is 22.2 Å². The minimum Gasteiger partial charge on any atom is -0.481 e. The Morgan fingerprint density at radius 1 is 1.35 bits per heavy atom. The number of carboxylic acid groups (broad SMARTS) is 1. The van der Waals surface area contributed by atoms with Gasteiger partial charge in [0.05, 0.1) is 10.4 Å². The summed E-state index contributed by atoms with van der Waals surface area (Å²) in [5, 5.41) is 8.97. The zero-order chi connectivity index (χ0) is 14.3. The average Bonchev–Trinajstić information content (AvgIpc) is 3.06. The lowest BCUT2D eigenvalue weighted by molar-refractivity contribution is -0.141. The van der Waals surface area contributed by atoms with Crippen molar-refractivity contribution in [1.82, 2.24) is 4.90 Å². The van der Waals surface area contributed by atoms with Gasteiger partial charge in [-0.25, -0.2) is 0 Å². The number of likely N-dealkylation sites (tertiary alicyclic amines) is 1. The van der Waals surface area contributed by atoms with Crippen LogP contribution in [0.2, 0.25) is 0 Å². The summed E-state index contributed by atoms with van der Waals surface area (Å²) in [6.45, 7) is 0.846. The molecule has 3 rings (SSSR count). The molecule has 0 bridgehead atoms. The van der Waals surface area contributed by atoms with Gasteiger partial charge in [0.15, 0.2) is 11.5 Å². The summed E-state index contributed by atoms with van der Waals surface area (Å²) in [6.07, 6.45) is 0.493. The molecule has 6 nitrogen and oxygen atoms in total. The minimum absolute atomic E-state index is 0.135. The second-order valence-corrected chi connectivity index (χ2v) is 5.62. The second-order valence-electron chi connectivity index (χ2n) is 4.77. The zero-order valence-corrected chi connectivity index (χ0v) is 12.1. The van der Waals surface area contributed by atoms with Crippen LogP contribution in [0.1, 0.15) is 16.8 Å². The molecule has 1 amide bonds. The maximum atomic E-state index is 12.4. The molecule has 0 spiro atoms. The first-order valence-electron chi connectivity index (χ1n) is 6.17. The Bertz CT molecular complexity index is 588. The number of halogens is 1. The van der Waals surface area contributed by atoms with Crippen LogP contribution in [-0.2, 0) is 4.79 Å². The van der Waals surface area contributed by atoms with Crippen LogP contribution in [0.3, 0.4) is 0 Å². The highest BCUT2D eigenvalue weighted by Gasteiger charge is 2.32. The monoisotopic (exact) mass is 341 g/mol. The number of ether oxygens (including phenoxy) is 2. The van der Waals surface area contributed by atoms with E-state index in [-0.39, 0.29) is 19.2 Å². The molecule has 0 unspecified atom stereocenters. The molecular formula is C13H12BrNO5. The van der Waals surface area contributed by atoms with Crippen LogP contribution in [0, 0.1) is 5.92 Å². The van der Waals surface area contributed by atoms with Gasteiger partial charge in [0, 0.05) is 18.7 Å². The topological polar surface area (TPSA) is 76.1 Å². The van der Waals surface area contributed by atoms with E-state index in [1.165, 1.54) is 0 Å². The molecular weight excluding hydrogens is 330 g/mol. The first-order chi connectivity index (χ1) is 9.56. The third-order valence-corrected chi connectivity index (χ3v) is 4.09. The summed E-state index contributed by atoms with van der Waals surface area (Å²) in [5.41, 5.74) is 0.465. The van der Waals surface area contributed by atoms with E-state index in [4.69, 9.17) is 14.6 Å². The Morgan fingerprint density at radius 3 is 2.85 bits per heavy atom. The van der Waals surface area contributed by atoms with Crippen molar-refractivity contribution >= 4 is 27.8 Å². The van der Waals surface area contributed by atoms with Gasteiger partial charge >= 0.3 is 5.97 Å². The molecule has 1 saturated heterocycles. The van der Waals surface area contributed by atoms with Crippen LogP contribution in [0.15, 0.2) is 16.6 Å². The van der Waals surface area contributed by atoms with Gasteiger partial charge < -0.3 is 19.5 Å². The molecule has 2 aliphatic heterocycles. The summed E-state index contributed by atoms with van der Waals surface area (Å²) < 4.78 is 11.2. The number of fused-ring (bicyclic) bond motifs is 1. The van der Waals surface area contributed by atoms with Gasteiger partial charge in [0.1, 0.15) is 0 Å². The smallest absolute Gasteiger partial charge is 0.308 e. The molecule has 7 heteroatoms. The van der Waals surface area contributed by atoms with Gasteiger partial charge in [-0.15, -0.1) is 0 Å². The molecule has 2 aliphatic rings. The molecule has 1 N–H and O–H groups in total. The molecule has 0 radical (unpaired) electrons. The van der Waals surface area contributed by atoms with Crippen molar-refractivity contribution in [3.8, 4) is 11.5 Å². The molecule has 1 fully saturated rings. The van der Waals surface area contributed by atoms with Gasteiger partial charge in [-0.2, -0.15) is 0 Å². The van der Waals surface area contributed by atoms with Gasteiger partial charge in [-0.3, -0.25) is 9.59 Å². The summed E-state index contributed by atoms with van der Waals surface area (Å²) in [7, 11) is 0. The number of rotatable bonds is 2. The third-order valence-electron chi connectivity index (χ3n) is 3.50.